The first kappa shape index (κ1) is 22.8. The number of carbonyl (C=O) groups excluding carboxylic acids is 2. The molecule has 7 heteroatoms. The summed E-state index contributed by atoms with van der Waals surface area (Å²) in [5.74, 6) is -1.44. The predicted octanol–water partition coefficient (Wildman–Crippen LogP) is 4.02. The Morgan fingerprint density at radius 3 is 2.27 bits per heavy atom. The topological polar surface area (TPSA) is 95.9 Å². The van der Waals surface area contributed by atoms with Gasteiger partial charge in [-0.25, -0.2) is 4.79 Å². The number of carboxylic acids is 1. The highest BCUT2D eigenvalue weighted by molar-refractivity contribution is 5.80. The van der Waals surface area contributed by atoms with Gasteiger partial charge < -0.3 is 20.1 Å². The molecule has 4 rings (SSSR count). The van der Waals surface area contributed by atoms with Crippen LogP contribution >= 0.6 is 0 Å². The maximum absolute atomic E-state index is 12.5. The van der Waals surface area contributed by atoms with E-state index in [1.807, 2.05) is 31.2 Å². The van der Waals surface area contributed by atoms with Crippen LogP contribution in [-0.2, 0) is 14.3 Å². The fourth-order valence-corrected chi connectivity index (χ4v) is 5.02. The van der Waals surface area contributed by atoms with E-state index in [2.05, 4.69) is 29.6 Å². The van der Waals surface area contributed by atoms with Gasteiger partial charge >= 0.3 is 12.1 Å². The number of hydrogen-bond donors (Lipinski definition) is 2. The lowest BCUT2D eigenvalue weighted by Crippen LogP contribution is -2.39. The molecule has 0 bridgehead atoms. The van der Waals surface area contributed by atoms with Crippen LogP contribution in [0.4, 0.5) is 4.79 Å². The van der Waals surface area contributed by atoms with Crippen LogP contribution in [0.3, 0.4) is 0 Å². The molecule has 33 heavy (non-hydrogen) atoms. The largest absolute Gasteiger partial charge is 0.481 e. The second-order valence-electron chi connectivity index (χ2n) is 8.97. The van der Waals surface area contributed by atoms with Gasteiger partial charge in [-0.15, -0.1) is 0 Å². The predicted molar refractivity (Wildman–Crippen MR) is 124 cm³/mol. The van der Waals surface area contributed by atoms with Gasteiger partial charge in [0.05, 0.1) is 5.92 Å². The van der Waals surface area contributed by atoms with Crippen molar-refractivity contribution in [1.29, 1.82) is 0 Å². The Morgan fingerprint density at radius 2 is 1.70 bits per heavy atom. The van der Waals surface area contributed by atoms with E-state index in [1.54, 1.807) is 11.8 Å². The summed E-state index contributed by atoms with van der Waals surface area (Å²) in [5.41, 5.74) is 4.67. The second-order valence-corrected chi connectivity index (χ2v) is 8.97. The molecule has 1 fully saturated rings. The first-order valence-corrected chi connectivity index (χ1v) is 11.5. The van der Waals surface area contributed by atoms with Crippen LogP contribution in [-0.4, -0.2) is 53.2 Å². The Labute approximate surface area is 193 Å². The van der Waals surface area contributed by atoms with Crippen LogP contribution in [0.1, 0.15) is 50.2 Å². The monoisotopic (exact) mass is 450 g/mol. The molecule has 0 spiro atoms. The summed E-state index contributed by atoms with van der Waals surface area (Å²) in [6.45, 7) is 4.32. The molecule has 2 aromatic rings. The molecule has 174 valence electrons. The first-order chi connectivity index (χ1) is 15.9. The molecule has 1 saturated heterocycles. The van der Waals surface area contributed by atoms with Gasteiger partial charge in [-0.3, -0.25) is 9.59 Å². The number of benzene rings is 2. The second kappa shape index (κ2) is 9.65. The number of nitrogens with one attached hydrogen (secondary N) is 1. The minimum absolute atomic E-state index is 0.00105. The van der Waals surface area contributed by atoms with Crippen LogP contribution in [0.15, 0.2) is 48.5 Å². The van der Waals surface area contributed by atoms with Gasteiger partial charge in [-0.2, -0.15) is 0 Å². The standard InChI is InChI=1S/C26H30N2O5/c1-16(11-12-24(29)28-14-13-18(17(28)2)25(30)31)27-26(32)33-15-23-21-9-5-3-7-19(21)20-8-4-6-10-22(20)23/h3-10,16-18,23H,11-15H2,1-2H3,(H,27,32)(H,30,31). The summed E-state index contributed by atoms with van der Waals surface area (Å²) in [6.07, 6.45) is 0.693. The fraction of sp³-hybridized carbons (Fsp3) is 0.423. The third-order valence-corrected chi connectivity index (χ3v) is 6.89. The number of carbonyl (C=O) groups is 3. The van der Waals surface area contributed by atoms with E-state index in [4.69, 9.17) is 4.74 Å². The first-order valence-electron chi connectivity index (χ1n) is 11.5. The summed E-state index contributed by atoms with van der Waals surface area (Å²) in [7, 11) is 0. The average molecular weight is 451 g/mol. The molecule has 0 saturated carbocycles. The fourth-order valence-electron chi connectivity index (χ4n) is 5.02. The molecule has 2 amide bonds. The van der Waals surface area contributed by atoms with E-state index in [0.717, 1.165) is 11.1 Å². The SMILES string of the molecule is CC(CCC(=O)N1CCC(C(=O)O)C1C)NC(=O)OCC1c2ccccc2-c2ccccc21. The van der Waals surface area contributed by atoms with Crippen molar-refractivity contribution in [2.75, 3.05) is 13.2 Å². The van der Waals surface area contributed by atoms with Crippen molar-refractivity contribution in [3.63, 3.8) is 0 Å². The molecule has 0 aromatic heterocycles. The molecule has 3 unspecified atom stereocenters. The maximum Gasteiger partial charge on any atom is 0.407 e. The molecule has 1 aliphatic carbocycles. The van der Waals surface area contributed by atoms with Crippen molar-refractivity contribution in [3.8, 4) is 11.1 Å². The van der Waals surface area contributed by atoms with Crippen LogP contribution in [0.25, 0.3) is 11.1 Å². The Balaban J connectivity index is 1.26. The Kier molecular flexibility index (Phi) is 6.67. The van der Waals surface area contributed by atoms with E-state index in [9.17, 15) is 19.5 Å². The molecule has 2 aromatic carbocycles. The summed E-state index contributed by atoms with van der Waals surface area (Å²) in [6, 6.07) is 15.8. The average Bonchev–Trinajstić information content (AvgIpc) is 3.34. The Bertz CT molecular complexity index is 1010. The van der Waals surface area contributed by atoms with Gasteiger partial charge in [-0.1, -0.05) is 48.5 Å². The van der Waals surface area contributed by atoms with Crippen molar-refractivity contribution in [2.24, 2.45) is 5.92 Å². The van der Waals surface area contributed by atoms with Gasteiger partial charge in [-0.05, 0) is 48.9 Å². The number of likely N-dealkylation sites (tertiary alicyclic amines) is 1. The molecule has 1 aliphatic heterocycles. The lowest BCUT2D eigenvalue weighted by Gasteiger charge is -2.24. The molecule has 1 heterocycles. The van der Waals surface area contributed by atoms with Gasteiger partial charge in [0.15, 0.2) is 0 Å². The number of ether oxygens (including phenoxy) is 1. The highest BCUT2D eigenvalue weighted by Crippen LogP contribution is 2.44. The summed E-state index contributed by atoms with van der Waals surface area (Å²) >= 11 is 0. The van der Waals surface area contributed by atoms with Gasteiger partial charge in [0.1, 0.15) is 6.61 Å². The van der Waals surface area contributed by atoms with Crippen LogP contribution < -0.4 is 5.32 Å². The van der Waals surface area contributed by atoms with Crippen LogP contribution in [0, 0.1) is 5.92 Å². The number of hydrogen-bond acceptors (Lipinski definition) is 4. The number of carboxylic acid groups (broad SMARTS) is 1. The van der Waals surface area contributed by atoms with Crippen molar-refractivity contribution < 1.29 is 24.2 Å². The van der Waals surface area contributed by atoms with Crippen LogP contribution in [0.2, 0.25) is 0 Å². The molecule has 7 nitrogen and oxygen atoms in total. The minimum Gasteiger partial charge on any atom is -0.481 e. The third-order valence-electron chi connectivity index (χ3n) is 6.89. The summed E-state index contributed by atoms with van der Waals surface area (Å²) in [4.78, 5) is 37.8. The zero-order valence-corrected chi connectivity index (χ0v) is 19.0. The van der Waals surface area contributed by atoms with Gasteiger partial charge in [0.2, 0.25) is 5.91 Å². The van der Waals surface area contributed by atoms with Gasteiger partial charge in [0, 0.05) is 31.0 Å². The van der Waals surface area contributed by atoms with Crippen molar-refractivity contribution in [2.45, 2.75) is 51.1 Å². The molecule has 2 N–H and O–H groups in total. The highest BCUT2D eigenvalue weighted by atomic mass is 16.5. The molecule has 3 atom stereocenters. The lowest BCUT2D eigenvalue weighted by molar-refractivity contribution is -0.143. The number of alkyl carbamates (subject to hydrolysis) is 1. The van der Waals surface area contributed by atoms with E-state index in [0.29, 0.717) is 19.4 Å². The lowest BCUT2D eigenvalue weighted by atomic mass is 9.98. The number of nitrogens with zero attached hydrogens (tertiary/aromatic N) is 1. The maximum atomic E-state index is 12.5. The minimum atomic E-state index is -0.858. The smallest absolute Gasteiger partial charge is 0.407 e. The van der Waals surface area contributed by atoms with Crippen molar-refractivity contribution >= 4 is 18.0 Å². The third kappa shape index (κ3) is 4.72. The number of rotatable bonds is 7. The van der Waals surface area contributed by atoms with E-state index < -0.39 is 18.0 Å². The van der Waals surface area contributed by atoms with Crippen molar-refractivity contribution in [3.05, 3.63) is 59.7 Å². The summed E-state index contributed by atoms with van der Waals surface area (Å²) in [5, 5.41) is 12.0. The number of fused-ring (bicyclic) bond motifs is 3. The van der Waals surface area contributed by atoms with Gasteiger partial charge in [0.25, 0.3) is 0 Å². The van der Waals surface area contributed by atoms with E-state index >= 15 is 0 Å². The highest BCUT2D eigenvalue weighted by Gasteiger charge is 2.37. The van der Waals surface area contributed by atoms with E-state index in [1.165, 1.54) is 11.1 Å². The zero-order valence-electron chi connectivity index (χ0n) is 19.0. The number of aliphatic carboxylic acids is 1. The quantitative estimate of drug-likeness (QED) is 0.664. The summed E-state index contributed by atoms with van der Waals surface area (Å²) < 4.78 is 5.56. The normalized spacial score (nSPS) is 20.1. The Hall–Kier alpha value is -3.35. The number of amides is 2. The molecule has 2 aliphatic rings. The van der Waals surface area contributed by atoms with E-state index in [-0.39, 0.29) is 36.9 Å². The molecule has 0 radical (unpaired) electrons. The Morgan fingerprint density at radius 1 is 1.09 bits per heavy atom. The van der Waals surface area contributed by atoms with Crippen molar-refractivity contribution in [1.82, 2.24) is 10.2 Å². The van der Waals surface area contributed by atoms with Crippen LogP contribution in [0.5, 0.6) is 0 Å². The molecular formula is C26H30N2O5. The molecular weight excluding hydrogens is 420 g/mol. The zero-order chi connectivity index (χ0) is 23.5.